The minimum Gasteiger partial charge on any atom is -0.381 e. The van der Waals surface area contributed by atoms with Crippen LogP contribution in [-0.4, -0.2) is 54.3 Å². The molecule has 1 atom stereocenters. The maximum atomic E-state index is 13.1. The van der Waals surface area contributed by atoms with Crippen LogP contribution in [0.25, 0.3) is 10.9 Å². The molecule has 1 saturated carbocycles. The molecule has 1 unspecified atom stereocenters. The number of rotatable bonds is 6. The van der Waals surface area contributed by atoms with E-state index in [0.717, 1.165) is 87.4 Å². The quantitative estimate of drug-likeness (QED) is 0.663. The average molecular weight is 409 g/mol. The van der Waals surface area contributed by atoms with Gasteiger partial charge in [0.2, 0.25) is 0 Å². The molecule has 5 rings (SSSR count). The number of nitrogens with zero attached hydrogens (tertiary/aromatic N) is 2. The Morgan fingerprint density at radius 2 is 2.03 bits per heavy atom. The Labute approximate surface area is 178 Å². The first-order valence-corrected chi connectivity index (χ1v) is 11.6. The summed E-state index contributed by atoms with van der Waals surface area (Å²) in [4.78, 5) is 19.4. The highest BCUT2D eigenvalue weighted by atomic mass is 16.5. The first kappa shape index (κ1) is 20.0. The predicted octanol–water partition coefficient (Wildman–Crippen LogP) is 4.45. The van der Waals surface area contributed by atoms with E-state index >= 15 is 0 Å². The molecule has 1 amide bonds. The minimum absolute atomic E-state index is 0.0382. The molecule has 1 aromatic heterocycles. The number of aromatic nitrogens is 1. The second-order valence-electron chi connectivity index (χ2n) is 9.40. The number of benzene rings is 1. The van der Waals surface area contributed by atoms with Crippen molar-refractivity contribution in [2.24, 2.45) is 11.8 Å². The third-order valence-corrected chi connectivity index (χ3v) is 7.13. The van der Waals surface area contributed by atoms with Crippen molar-refractivity contribution in [2.75, 3.05) is 32.9 Å². The zero-order valence-corrected chi connectivity index (χ0v) is 17.7. The van der Waals surface area contributed by atoms with Crippen molar-refractivity contribution in [1.82, 2.24) is 9.88 Å². The molecule has 5 heteroatoms. The van der Waals surface area contributed by atoms with Gasteiger partial charge in [0.1, 0.15) is 0 Å². The summed E-state index contributed by atoms with van der Waals surface area (Å²) in [6, 6.07) is 9.72. The van der Waals surface area contributed by atoms with Crippen LogP contribution in [0, 0.1) is 11.8 Å². The molecule has 5 nitrogen and oxygen atoms in total. The number of piperidine rings is 1. The number of carbonyl (C=O) groups excluding carboxylic acids is 1. The van der Waals surface area contributed by atoms with E-state index in [1.165, 1.54) is 12.8 Å². The monoisotopic (exact) mass is 408 g/mol. The fourth-order valence-corrected chi connectivity index (χ4v) is 5.02. The fraction of sp³-hybridized carbons (Fsp3) is 0.600. The van der Waals surface area contributed by atoms with Crippen LogP contribution in [0.1, 0.15) is 55.3 Å². The molecule has 2 saturated heterocycles. The van der Waals surface area contributed by atoms with Gasteiger partial charge in [-0.3, -0.25) is 9.78 Å². The van der Waals surface area contributed by atoms with Crippen LogP contribution < -0.4 is 0 Å². The van der Waals surface area contributed by atoms with Crippen LogP contribution >= 0.6 is 0 Å². The fourth-order valence-electron chi connectivity index (χ4n) is 5.02. The summed E-state index contributed by atoms with van der Waals surface area (Å²) in [6.45, 7) is 4.23. The van der Waals surface area contributed by atoms with E-state index in [2.05, 4.69) is 4.98 Å². The lowest BCUT2D eigenvalue weighted by Gasteiger charge is -2.46. The van der Waals surface area contributed by atoms with Gasteiger partial charge >= 0.3 is 0 Å². The number of pyridine rings is 1. The third kappa shape index (κ3) is 4.52. The lowest BCUT2D eigenvalue weighted by atomic mass is 9.78. The molecule has 0 bridgehead atoms. The first-order valence-electron chi connectivity index (χ1n) is 11.6. The molecule has 2 aromatic rings. The minimum atomic E-state index is -0.0382. The number of amides is 1. The van der Waals surface area contributed by atoms with Gasteiger partial charge in [0.05, 0.1) is 11.1 Å². The number of likely N-dealkylation sites (tertiary alicyclic amines) is 1. The Morgan fingerprint density at radius 3 is 2.87 bits per heavy atom. The van der Waals surface area contributed by atoms with Gasteiger partial charge in [-0.25, -0.2) is 0 Å². The topological polar surface area (TPSA) is 51.7 Å². The predicted molar refractivity (Wildman–Crippen MR) is 116 cm³/mol. The Hall–Kier alpha value is -1.98. The molecular weight excluding hydrogens is 376 g/mol. The van der Waals surface area contributed by atoms with E-state index in [9.17, 15) is 4.79 Å². The largest absolute Gasteiger partial charge is 0.381 e. The lowest BCUT2D eigenvalue weighted by molar-refractivity contribution is -0.126. The second kappa shape index (κ2) is 8.64. The van der Waals surface area contributed by atoms with Crippen LogP contribution in [0.15, 0.2) is 36.5 Å². The average Bonchev–Trinajstić information content (AvgIpc) is 3.61. The van der Waals surface area contributed by atoms with Gasteiger partial charge in [-0.15, -0.1) is 0 Å². The van der Waals surface area contributed by atoms with E-state index in [1.807, 2.05) is 35.2 Å². The number of ether oxygens (including phenoxy) is 2. The number of hydrogen-bond donors (Lipinski definition) is 0. The SMILES string of the molecule is O=C(c1ccc2ncccc2c1)N1CCC2(CC1)CC(CCOCC1CC1)CCO2. The zero-order chi connectivity index (χ0) is 20.4. The Kier molecular flexibility index (Phi) is 5.74. The molecule has 2 aliphatic heterocycles. The summed E-state index contributed by atoms with van der Waals surface area (Å²) in [5, 5.41) is 1.01. The zero-order valence-electron chi connectivity index (χ0n) is 17.7. The van der Waals surface area contributed by atoms with Crippen LogP contribution in [0.2, 0.25) is 0 Å². The third-order valence-electron chi connectivity index (χ3n) is 7.13. The van der Waals surface area contributed by atoms with Crippen LogP contribution in [-0.2, 0) is 9.47 Å². The van der Waals surface area contributed by atoms with E-state index in [-0.39, 0.29) is 11.5 Å². The van der Waals surface area contributed by atoms with Gasteiger partial charge in [0, 0.05) is 50.1 Å². The molecule has 3 heterocycles. The van der Waals surface area contributed by atoms with Crippen molar-refractivity contribution in [3.63, 3.8) is 0 Å². The summed E-state index contributed by atoms with van der Waals surface area (Å²) in [5.41, 5.74) is 1.64. The molecule has 3 fully saturated rings. The Morgan fingerprint density at radius 1 is 1.17 bits per heavy atom. The van der Waals surface area contributed by atoms with Crippen molar-refractivity contribution in [3.8, 4) is 0 Å². The van der Waals surface area contributed by atoms with E-state index < -0.39 is 0 Å². The van der Waals surface area contributed by atoms with Gasteiger partial charge in [-0.1, -0.05) is 6.07 Å². The maximum absolute atomic E-state index is 13.1. The van der Waals surface area contributed by atoms with Crippen LogP contribution in [0.3, 0.4) is 0 Å². The number of fused-ring (bicyclic) bond motifs is 1. The van der Waals surface area contributed by atoms with E-state index in [1.54, 1.807) is 6.20 Å². The molecule has 1 spiro atoms. The standard InChI is InChI=1S/C25H32N2O3/c28-24(22-5-6-23-21(16-22)2-1-11-26-23)27-12-9-25(10-13-27)17-19(8-15-30-25)7-14-29-18-20-3-4-20/h1-2,5-6,11,16,19-20H,3-4,7-10,12-15,17-18H2. The van der Waals surface area contributed by atoms with Crippen molar-refractivity contribution in [1.29, 1.82) is 0 Å². The molecular formula is C25H32N2O3. The highest BCUT2D eigenvalue weighted by Gasteiger charge is 2.41. The van der Waals surface area contributed by atoms with Crippen LogP contribution in [0.4, 0.5) is 0 Å². The van der Waals surface area contributed by atoms with Gasteiger partial charge < -0.3 is 14.4 Å². The lowest BCUT2D eigenvalue weighted by Crippen LogP contribution is -2.50. The molecule has 3 aliphatic rings. The summed E-state index contributed by atoms with van der Waals surface area (Å²) in [6.07, 6.45) is 9.76. The molecule has 0 N–H and O–H groups in total. The van der Waals surface area contributed by atoms with E-state index in [0.29, 0.717) is 5.92 Å². The van der Waals surface area contributed by atoms with Crippen molar-refractivity contribution < 1.29 is 14.3 Å². The molecule has 1 aromatic carbocycles. The summed E-state index contributed by atoms with van der Waals surface area (Å²) in [7, 11) is 0. The highest BCUT2D eigenvalue weighted by molar-refractivity contribution is 5.98. The first-order chi connectivity index (χ1) is 14.7. The normalized spacial score (nSPS) is 23.7. The maximum Gasteiger partial charge on any atom is 0.253 e. The van der Waals surface area contributed by atoms with Gasteiger partial charge in [0.15, 0.2) is 0 Å². The van der Waals surface area contributed by atoms with Gasteiger partial charge in [-0.05, 0) is 81.0 Å². The summed E-state index contributed by atoms with van der Waals surface area (Å²) < 4.78 is 12.2. The van der Waals surface area contributed by atoms with Gasteiger partial charge in [-0.2, -0.15) is 0 Å². The van der Waals surface area contributed by atoms with Crippen molar-refractivity contribution in [2.45, 2.75) is 50.5 Å². The van der Waals surface area contributed by atoms with Crippen LogP contribution in [0.5, 0.6) is 0 Å². The second-order valence-corrected chi connectivity index (χ2v) is 9.40. The number of hydrogen-bond acceptors (Lipinski definition) is 4. The van der Waals surface area contributed by atoms with Crippen molar-refractivity contribution >= 4 is 16.8 Å². The molecule has 0 radical (unpaired) electrons. The Balaban J connectivity index is 1.15. The molecule has 30 heavy (non-hydrogen) atoms. The Bertz CT molecular complexity index is 887. The van der Waals surface area contributed by atoms with Crippen molar-refractivity contribution in [3.05, 3.63) is 42.1 Å². The summed E-state index contributed by atoms with van der Waals surface area (Å²) in [5.74, 6) is 1.65. The summed E-state index contributed by atoms with van der Waals surface area (Å²) >= 11 is 0. The van der Waals surface area contributed by atoms with Gasteiger partial charge in [0.25, 0.3) is 5.91 Å². The molecule has 160 valence electrons. The number of carbonyl (C=O) groups is 1. The van der Waals surface area contributed by atoms with E-state index in [4.69, 9.17) is 9.47 Å². The highest BCUT2D eigenvalue weighted by Crippen LogP contribution is 2.39. The molecule has 1 aliphatic carbocycles. The smallest absolute Gasteiger partial charge is 0.253 e.